The first kappa shape index (κ1) is 13.8. The molecule has 1 aromatic heterocycles. The van der Waals surface area contributed by atoms with Gasteiger partial charge in [-0.1, -0.05) is 12.1 Å². The number of nitrogens with one attached hydrogen (secondary N) is 2. The topological polar surface area (TPSA) is 76.1 Å². The van der Waals surface area contributed by atoms with Crippen LogP contribution in [0.1, 0.15) is 12.5 Å². The van der Waals surface area contributed by atoms with Gasteiger partial charge >= 0.3 is 0 Å². The zero-order valence-electron chi connectivity index (χ0n) is 11.4. The van der Waals surface area contributed by atoms with E-state index in [0.717, 1.165) is 11.3 Å². The summed E-state index contributed by atoms with van der Waals surface area (Å²) >= 11 is 0. The lowest BCUT2D eigenvalue weighted by atomic mass is 10.2. The molecule has 1 aromatic carbocycles. The second kappa shape index (κ2) is 6.51. The molecule has 6 nitrogen and oxygen atoms in total. The van der Waals surface area contributed by atoms with E-state index in [1.807, 2.05) is 24.3 Å². The summed E-state index contributed by atoms with van der Waals surface area (Å²) in [5.74, 6) is 1.04. The molecule has 0 fully saturated rings. The van der Waals surface area contributed by atoms with Crippen LogP contribution in [0, 0.1) is 0 Å². The maximum atomic E-state index is 10.9. The Bertz CT molecular complexity index is 584. The average Bonchev–Trinajstić information content (AvgIpc) is 2.46. The Morgan fingerprint density at radius 2 is 2.00 bits per heavy atom. The Balaban J connectivity index is 1.94. The minimum Gasteiger partial charge on any atom is -0.480 e. The summed E-state index contributed by atoms with van der Waals surface area (Å²) in [6, 6.07) is 7.59. The number of carbonyl (C=O) groups excluding carboxylic acids is 1. The summed E-state index contributed by atoms with van der Waals surface area (Å²) in [5.41, 5.74) is 1.85. The molecule has 2 N–H and O–H groups in total. The van der Waals surface area contributed by atoms with Gasteiger partial charge in [-0.25, -0.2) is 0 Å². The molecule has 0 unspecified atom stereocenters. The van der Waals surface area contributed by atoms with E-state index in [-0.39, 0.29) is 5.91 Å². The van der Waals surface area contributed by atoms with E-state index < -0.39 is 0 Å². The fraction of sp³-hybridized carbons (Fsp3) is 0.214. The number of amides is 1. The molecule has 1 amide bonds. The number of methoxy groups -OCH3 is 1. The third kappa shape index (κ3) is 3.94. The summed E-state index contributed by atoms with van der Waals surface area (Å²) in [6.45, 7) is 2.10. The molecule has 2 rings (SSSR count). The first-order valence-electron chi connectivity index (χ1n) is 6.14. The van der Waals surface area contributed by atoms with Gasteiger partial charge in [0, 0.05) is 19.2 Å². The quantitative estimate of drug-likeness (QED) is 0.871. The van der Waals surface area contributed by atoms with Gasteiger partial charge in [0.05, 0.1) is 19.5 Å². The Morgan fingerprint density at radius 3 is 2.65 bits per heavy atom. The molecule has 104 valence electrons. The third-order valence-corrected chi connectivity index (χ3v) is 2.57. The largest absolute Gasteiger partial charge is 0.480 e. The smallest absolute Gasteiger partial charge is 0.233 e. The zero-order chi connectivity index (χ0) is 14.4. The van der Waals surface area contributed by atoms with E-state index in [0.29, 0.717) is 18.2 Å². The van der Waals surface area contributed by atoms with Gasteiger partial charge < -0.3 is 15.4 Å². The summed E-state index contributed by atoms with van der Waals surface area (Å²) < 4.78 is 5.01. The number of ether oxygens (including phenoxy) is 1. The molecule has 0 aliphatic carbocycles. The number of anilines is 2. The SMILES string of the molecule is COc1cncc(NCc2ccc(NC(C)=O)cc2)n1. The summed E-state index contributed by atoms with van der Waals surface area (Å²) in [7, 11) is 1.55. The van der Waals surface area contributed by atoms with Crippen LogP contribution in [-0.2, 0) is 11.3 Å². The van der Waals surface area contributed by atoms with E-state index in [1.54, 1.807) is 19.5 Å². The number of hydrogen-bond acceptors (Lipinski definition) is 5. The minimum atomic E-state index is -0.0810. The maximum Gasteiger partial charge on any atom is 0.233 e. The summed E-state index contributed by atoms with van der Waals surface area (Å²) in [5, 5.41) is 5.88. The van der Waals surface area contributed by atoms with E-state index >= 15 is 0 Å². The van der Waals surface area contributed by atoms with Gasteiger partial charge in [-0.15, -0.1) is 0 Å². The molecule has 0 atom stereocenters. The van der Waals surface area contributed by atoms with Crippen LogP contribution in [0.2, 0.25) is 0 Å². The van der Waals surface area contributed by atoms with Gasteiger partial charge in [0.2, 0.25) is 11.8 Å². The van der Waals surface area contributed by atoms with Gasteiger partial charge in [-0.3, -0.25) is 9.78 Å². The highest BCUT2D eigenvalue weighted by Gasteiger charge is 2.00. The van der Waals surface area contributed by atoms with Crippen molar-refractivity contribution >= 4 is 17.4 Å². The van der Waals surface area contributed by atoms with Crippen LogP contribution in [0.25, 0.3) is 0 Å². The molecule has 2 aromatic rings. The van der Waals surface area contributed by atoms with E-state index in [1.165, 1.54) is 6.92 Å². The number of rotatable bonds is 5. The fourth-order valence-electron chi connectivity index (χ4n) is 1.63. The van der Waals surface area contributed by atoms with Crippen LogP contribution in [0.3, 0.4) is 0 Å². The van der Waals surface area contributed by atoms with Crippen molar-refractivity contribution in [2.24, 2.45) is 0 Å². The molecule has 0 bridgehead atoms. The van der Waals surface area contributed by atoms with Crippen LogP contribution in [0.15, 0.2) is 36.7 Å². The normalized spacial score (nSPS) is 9.90. The van der Waals surface area contributed by atoms with E-state index in [2.05, 4.69) is 20.6 Å². The number of aromatic nitrogens is 2. The molecular formula is C14H16N4O2. The van der Waals surface area contributed by atoms with Crippen LogP contribution in [0.5, 0.6) is 5.88 Å². The fourth-order valence-corrected chi connectivity index (χ4v) is 1.63. The molecule has 0 saturated heterocycles. The van der Waals surface area contributed by atoms with Crippen LogP contribution in [0.4, 0.5) is 11.5 Å². The highest BCUT2D eigenvalue weighted by atomic mass is 16.5. The van der Waals surface area contributed by atoms with Gasteiger partial charge in [-0.2, -0.15) is 4.98 Å². The van der Waals surface area contributed by atoms with Crippen molar-refractivity contribution in [1.82, 2.24) is 9.97 Å². The molecule has 1 heterocycles. The molecule has 0 aliphatic rings. The molecule has 20 heavy (non-hydrogen) atoms. The lowest BCUT2D eigenvalue weighted by Gasteiger charge is -2.07. The number of benzene rings is 1. The highest BCUT2D eigenvalue weighted by Crippen LogP contribution is 2.12. The van der Waals surface area contributed by atoms with Crippen LogP contribution >= 0.6 is 0 Å². The maximum absolute atomic E-state index is 10.9. The molecule has 0 aliphatic heterocycles. The van der Waals surface area contributed by atoms with Gasteiger partial charge in [0.1, 0.15) is 5.82 Å². The number of hydrogen-bond donors (Lipinski definition) is 2. The van der Waals surface area contributed by atoms with Crippen molar-refractivity contribution in [2.45, 2.75) is 13.5 Å². The molecule has 0 radical (unpaired) electrons. The number of nitrogens with zero attached hydrogens (tertiary/aromatic N) is 2. The lowest BCUT2D eigenvalue weighted by molar-refractivity contribution is -0.114. The number of carbonyl (C=O) groups is 1. The first-order chi connectivity index (χ1) is 9.67. The van der Waals surface area contributed by atoms with Gasteiger partial charge in [0.15, 0.2) is 0 Å². The molecule has 6 heteroatoms. The standard InChI is InChI=1S/C14H16N4O2/c1-10(19)17-12-5-3-11(4-6-12)7-16-13-8-15-9-14(18-13)20-2/h3-6,8-9H,7H2,1-2H3,(H,16,18)(H,17,19). The Morgan fingerprint density at radius 1 is 1.25 bits per heavy atom. The van der Waals surface area contributed by atoms with Crippen LogP contribution in [-0.4, -0.2) is 23.0 Å². The predicted octanol–water partition coefficient (Wildman–Crippen LogP) is 2.06. The Hall–Kier alpha value is -2.63. The lowest BCUT2D eigenvalue weighted by Crippen LogP contribution is -2.06. The van der Waals surface area contributed by atoms with Crippen molar-refractivity contribution in [3.63, 3.8) is 0 Å². The first-order valence-corrected chi connectivity index (χ1v) is 6.14. The summed E-state index contributed by atoms with van der Waals surface area (Å²) in [4.78, 5) is 19.1. The van der Waals surface area contributed by atoms with Crippen molar-refractivity contribution < 1.29 is 9.53 Å². The Labute approximate surface area is 117 Å². The van der Waals surface area contributed by atoms with Gasteiger partial charge in [0.25, 0.3) is 0 Å². The predicted molar refractivity (Wildman–Crippen MR) is 76.7 cm³/mol. The van der Waals surface area contributed by atoms with Crippen molar-refractivity contribution in [1.29, 1.82) is 0 Å². The Kier molecular flexibility index (Phi) is 4.49. The molecule has 0 saturated carbocycles. The van der Waals surface area contributed by atoms with Crippen molar-refractivity contribution in [3.05, 3.63) is 42.2 Å². The second-order valence-corrected chi connectivity index (χ2v) is 4.18. The van der Waals surface area contributed by atoms with E-state index in [4.69, 9.17) is 4.74 Å². The second-order valence-electron chi connectivity index (χ2n) is 4.18. The average molecular weight is 272 g/mol. The van der Waals surface area contributed by atoms with Crippen molar-refractivity contribution in [3.8, 4) is 5.88 Å². The summed E-state index contributed by atoms with van der Waals surface area (Å²) in [6.07, 6.45) is 3.18. The monoisotopic (exact) mass is 272 g/mol. The third-order valence-electron chi connectivity index (χ3n) is 2.57. The minimum absolute atomic E-state index is 0.0810. The van der Waals surface area contributed by atoms with E-state index in [9.17, 15) is 4.79 Å². The zero-order valence-corrected chi connectivity index (χ0v) is 11.4. The molecule has 0 spiro atoms. The highest BCUT2D eigenvalue weighted by molar-refractivity contribution is 5.88. The van der Waals surface area contributed by atoms with Crippen molar-refractivity contribution in [2.75, 3.05) is 17.7 Å². The van der Waals surface area contributed by atoms with Gasteiger partial charge in [-0.05, 0) is 17.7 Å². The van der Waals surface area contributed by atoms with Crippen LogP contribution < -0.4 is 15.4 Å². The molecular weight excluding hydrogens is 256 g/mol.